The number of amides is 2. The van der Waals surface area contributed by atoms with Gasteiger partial charge in [-0.1, -0.05) is 25.1 Å². The van der Waals surface area contributed by atoms with Gasteiger partial charge in [0.15, 0.2) is 0 Å². The minimum absolute atomic E-state index is 0.0114. The van der Waals surface area contributed by atoms with Crippen LogP contribution in [0.4, 0.5) is 0 Å². The van der Waals surface area contributed by atoms with Gasteiger partial charge in [-0.3, -0.25) is 9.59 Å². The molecule has 1 fully saturated rings. The van der Waals surface area contributed by atoms with Crippen molar-refractivity contribution in [2.24, 2.45) is 0 Å². The van der Waals surface area contributed by atoms with Crippen molar-refractivity contribution in [2.75, 3.05) is 20.8 Å². The number of nitrogens with one attached hydrogen (secondary N) is 1. The molecule has 0 saturated carbocycles. The van der Waals surface area contributed by atoms with Crippen molar-refractivity contribution in [3.8, 4) is 11.5 Å². The van der Waals surface area contributed by atoms with Crippen LogP contribution in [0.25, 0.3) is 10.9 Å². The summed E-state index contributed by atoms with van der Waals surface area (Å²) in [6.45, 7) is 4.14. The van der Waals surface area contributed by atoms with Crippen LogP contribution in [-0.2, 0) is 16.0 Å². The molecule has 5 rings (SSSR count). The number of benzene rings is 2. The third kappa shape index (κ3) is 3.25. The van der Waals surface area contributed by atoms with Gasteiger partial charge in [-0.15, -0.1) is 0 Å². The molecule has 3 atom stereocenters. The molecule has 1 aromatic heterocycles. The lowest BCUT2D eigenvalue weighted by atomic mass is 9.85. The van der Waals surface area contributed by atoms with E-state index in [9.17, 15) is 9.59 Å². The maximum absolute atomic E-state index is 13.7. The molecule has 0 spiro atoms. The molecule has 7 heteroatoms. The molecule has 2 aliphatic heterocycles. The van der Waals surface area contributed by atoms with Crippen molar-refractivity contribution >= 4 is 22.7 Å². The van der Waals surface area contributed by atoms with Crippen molar-refractivity contribution in [3.63, 3.8) is 0 Å². The van der Waals surface area contributed by atoms with Crippen molar-refractivity contribution in [1.29, 1.82) is 0 Å². The fourth-order valence-electron chi connectivity index (χ4n) is 5.25. The van der Waals surface area contributed by atoms with E-state index in [4.69, 9.17) is 9.47 Å². The summed E-state index contributed by atoms with van der Waals surface area (Å²) in [6.07, 6.45) is 1.30. The molecule has 33 heavy (non-hydrogen) atoms. The Morgan fingerprint density at radius 2 is 1.91 bits per heavy atom. The molecule has 2 amide bonds. The zero-order valence-corrected chi connectivity index (χ0v) is 19.4. The van der Waals surface area contributed by atoms with E-state index in [1.165, 1.54) is 0 Å². The third-order valence-corrected chi connectivity index (χ3v) is 7.15. The quantitative estimate of drug-likeness (QED) is 0.648. The molecule has 0 bridgehead atoms. The summed E-state index contributed by atoms with van der Waals surface area (Å²) in [5.41, 5.74) is 3.85. The van der Waals surface area contributed by atoms with E-state index in [0.717, 1.165) is 34.1 Å². The second kappa shape index (κ2) is 8.14. The molecular formula is C26H29N3O4. The first kappa shape index (κ1) is 21.4. The largest absolute Gasteiger partial charge is 0.497 e. The number of methoxy groups -OCH3 is 2. The molecule has 0 radical (unpaired) electrons. The summed E-state index contributed by atoms with van der Waals surface area (Å²) in [7, 11) is 3.22. The number of fused-ring (bicyclic) bond motifs is 4. The Labute approximate surface area is 193 Å². The zero-order chi connectivity index (χ0) is 23.3. The summed E-state index contributed by atoms with van der Waals surface area (Å²) in [6, 6.07) is 12.7. The highest BCUT2D eigenvalue weighted by Gasteiger charge is 2.49. The first-order valence-electron chi connectivity index (χ1n) is 11.4. The molecule has 0 aliphatic carbocycles. The Hall–Kier alpha value is -3.48. The molecule has 3 heterocycles. The van der Waals surface area contributed by atoms with E-state index in [2.05, 4.69) is 11.1 Å². The van der Waals surface area contributed by atoms with E-state index >= 15 is 0 Å². The fraction of sp³-hybridized carbons (Fsp3) is 0.385. The van der Waals surface area contributed by atoms with Crippen LogP contribution in [0.2, 0.25) is 0 Å². The van der Waals surface area contributed by atoms with E-state index in [-0.39, 0.29) is 24.4 Å². The Kier molecular flexibility index (Phi) is 5.27. The standard InChI is InChI=1S/C26H29N3O4/c1-5-15(2)28-14-23(30)29-21(26(28)31)13-19-17-8-6-7-9-20(17)27-24(19)25(29)18-11-10-16(32-3)12-22(18)33-4/h6-12,15,21,25,27H,5,13-14H2,1-4H3/t15?,21-,25?/m0/s1. The van der Waals surface area contributed by atoms with Gasteiger partial charge >= 0.3 is 0 Å². The van der Waals surface area contributed by atoms with Crippen LogP contribution >= 0.6 is 0 Å². The number of ether oxygens (including phenoxy) is 2. The summed E-state index contributed by atoms with van der Waals surface area (Å²) in [5, 5.41) is 1.09. The number of aromatic nitrogens is 1. The maximum atomic E-state index is 13.7. The minimum atomic E-state index is -0.552. The average molecular weight is 448 g/mol. The number of nitrogens with zero attached hydrogens (tertiary/aromatic N) is 2. The van der Waals surface area contributed by atoms with E-state index in [1.807, 2.05) is 50.2 Å². The number of carbonyl (C=O) groups is 2. The smallest absolute Gasteiger partial charge is 0.246 e. The molecule has 1 saturated heterocycles. The molecular weight excluding hydrogens is 418 g/mol. The predicted molar refractivity (Wildman–Crippen MR) is 125 cm³/mol. The second-order valence-corrected chi connectivity index (χ2v) is 8.82. The van der Waals surface area contributed by atoms with Crippen LogP contribution < -0.4 is 9.47 Å². The Balaban J connectivity index is 1.72. The number of hydrogen-bond acceptors (Lipinski definition) is 4. The van der Waals surface area contributed by atoms with Gasteiger partial charge in [0.25, 0.3) is 0 Å². The SMILES string of the molecule is CCC(C)N1CC(=O)N2C(c3ccc(OC)cc3OC)c3[nH]c4ccccc4c3C[C@H]2C1=O. The molecule has 1 N–H and O–H groups in total. The molecule has 7 nitrogen and oxygen atoms in total. The number of carbonyl (C=O) groups excluding carboxylic acids is 2. The van der Waals surface area contributed by atoms with Crippen LogP contribution in [-0.4, -0.2) is 59.4 Å². The van der Waals surface area contributed by atoms with E-state index in [0.29, 0.717) is 17.9 Å². The summed E-state index contributed by atoms with van der Waals surface area (Å²) in [5.74, 6) is 1.25. The van der Waals surface area contributed by atoms with Gasteiger partial charge in [0.2, 0.25) is 11.8 Å². The van der Waals surface area contributed by atoms with Gasteiger partial charge in [0, 0.05) is 40.7 Å². The highest BCUT2D eigenvalue weighted by molar-refractivity contribution is 5.98. The van der Waals surface area contributed by atoms with Gasteiger partial charge in [0.1, 0.15) is 30.1 Å². The highest BCUT2D eigenvalue weighted by Crippen LogP contribution is 2.45. The highest BCUT2D eigenvalue weighted by atomic mass is 16.5. The van der Waals surface area contributed by atoms with Gasteiger partial charge in [-0.25, -0.2) is 0 Å². The van der Waals surface area contributed by atoms with Gasteiger partial charge in [0.05, 0.1) is 14.2 Å². The topological polar surface area (TPSA) is 74.9 Å². The molecule has 3 aromatic rings. The summed E-state index contributed by atoms with van der Waals surface area (Å²) >= 11 is 0. The Morgan fingerprint density at radius 3 is 2.64 bits per heavy atom. The van der Waals surface area contributed by atoms with Crippen molar-refractivity contribution in [3.05, 3.63) is 59.3 Å². The van der Waals surface area contributed by atoms with Crippen LogP contribution in [0, 0.1) is 0 Å². The Bertz CT molecular complexity index is 1230. The zero-order valence-electron chi connectivity index (χ0n) is 19.4. The number of rotatable bonds is 5. The third-order valence-electron chi connectivity index (χ3n) is 7.15. The average Bonchev–Trinajstić information content (AvgIpc) is 3.22. The van der Waals surface area contributed by atoms with E-state index in [1.54, 1.807) is 24.0 Å². The van der Waals surface area contributed by atoms with E-state index < -0.39 is 12.1 Å². The number of H-pyrrole nitrogens is 1. The van der Waals surface area contributed by atoms with Crippen LogP contribution in [0.3, 0.4) is 0 Å². The summed E-state index contributed by atoms with van der Waals surface area (Å²) in [4.78, 5) is 34.3. The fourth-order valence-corrected chi connectivity index (χ4v) is 5.25. The number of hydrogen-bond donors (Lipinski definition) is 1. The second-order valence-electron chi connectivity index (χ2n) is 8.82. The van der Waals surface area contributed by atoms with Gasteiger partial charge < -0.3 is 24.3 Å². The van der Waals surface area contributed by atoms with Gasteiger partial charge in [-0.05, 0) is 37.1 Å². The number of para-hydroxylation sites is 1. The van der Waals surface area contributed by atoms with Crippen molar-refractivity contribution in [1.82, 2.24) is 14.8 Å². The monoisotopic (exact) mass is 447 g/mol. The lowest BCUT2D eigenvalue weighted by Gasteiger charge is -2.48. The molecule has 2 aromatic carbocycles. The predicted octanol–water partition coefficient (Wildman–Crippen LogP) is 3.67. The molecule has 172 valence electrons. The number of aromatic amines is 1. The normalized spacial score (nSPS) is 21.1. The van der Waals surface area contributed by atoms with Crippen LogP contribution in [0.15, 0.2) is 42.5 Å². The van der Waals surface area contributed by atoms with Crippen molar-refractivity contribution < 1.29 is 19.1 Å². The number of piperazine rings is 1. The lowest BCUT2D eigenvalue weighted by Crippen LogP contribution is -2.64. The molecule has 2 unspecified atom stereocenters. The van der Waals surface area contributed by atoms with Crippen LogP contribution in [0.5, 0.6) is 11.5 Å². The maximum Gasteiger partial charge on any atom is 0.246 e. The summed E-state index contributed by atoms with van der Waals surface area (Å²) < 4.78 is 11.1. The minimum Gasteiger partial charge on any atom is -0.497 e. The Morgan fingerprint density at radius 1 is 1.12 bits per heavy atom. The first-order chi connectivity index (χ1) is 16.0. The first-order valence-corrected chi connectivity index (χ1v) is 11.4. The van der Waals surface area contributed by atoms with Crippen LogP contribution in [0.1, 0.15) is 43.1 Å². The van der Waals surface area contributed by atoms with Crippen molar-refractivity contribution in [2.45, 2.75) is 44.8 Å². The lowest BCUT2D eigenvalue weighted by molar-refractivity contribution is -0.160. The van der Waals surface area contributed by atoms with Gasteiger partial charge in [-0.2, -0.15) is 0 Å². The molecule has 2 aliphatic rings.